The minimum Gasteiger partial charge on any atom is -0.480 e. The molecular weight excluding hydrogens is 214 g/mol. The van der Waals surface area contributed by atoms with Gasteiger partial charge in [-0.05, 0) is 27.8 Å². The van der Waals surface area contributed by atoms with Crippen LogP contribution in [0.25, 0.3) is 0 Å². The molecule has 1 unspecified atom stereocenters. The fraction of sp³-hybridized carbons (Fsp3) is 0.800. The zero-order valence-corrected chi connectivity index (χ0v) is 9.98. The Morgan fingerprint density at radius 3 is 2.00 bits per heavy atom. The summed E-state index contributed by atoms with van der Waals surface area (Å²) >= 11 is 0. The van der Waals surface area contributed by atoms with Gasteiger partial charge in [0.1, 0.15) is 6.04 Å². The molecule has 0 amide bonds. The number of hydrogen-bond donors (Lipinski definition) is 3. The Morgan fingerprint density at radius 1 is 1.25 bits per heavy atom. The summed E-state index contributed by atoms with van der Waals surface area (Å²) in [6.45, 7) is 5.16. The maximum Gasteiger partial charge on any atom is 0.332 e. The third-order valence-corrected chi connectivity index (χ3v) is 1.87. The fourth-order valence-corrected chi connectivity index (χ4v) is 1.18. The minimum atomic E-state index is -1.16. The van der Waals surface area contributed by atoms with Crippen molar-refractivity contribution in [1.82, 2.24) is 5.32 Å². The molecule has 0 radical (unpaired) electrons. The molecule has 6 nitrogen and oxygen atoms in total. The Morgan fingerprint density at radius 2 is 1.75 bits per heavy atom. The van der Waals surface area contributed by atoms with Crippen molar-refractivity contribution in [2.24, 2.45) is 0 Å². The second-order valence-corrected chi connectivity index (χ2v) is 4.47. The molecule has 0 aromatic rings. The topological polar surface area (TPSA) is 95.9 Å². The number of carboxylic acids is 2. The van der Waals surface area contributed by atoms with Crippen molar-refractivity contribution in [3.8, 4) is 0 Å². The Balaban J connectivity index is 4.56. The molecule has 94 valence electrons. The van der Waals surface area contributed by atoms with E-state index in [0.29, 0.717) is 0 Å². The molecule has 0 aliphatic carbocycles. The first-order chi connectivity index (χ1) is 7.17. The minimum absolute atomic E-state index is 0.113. The predicted octanol–water partition coefficient (Wildman–Crippen LogP) is 0.317. The summed E-state index contributed by atoms with van der Waals surface area (Å²) in [6.07, 6.45) is -1.24. The van der Waals surface area contributed by atoms with Gasteiger partial charge in [0.15, 0.2) is 6.10 Å². The molecule has 0 spiro atoms. The van der Waals surface area contributed by atoms with Crippen LogP contribution in [0.2, 0.25) is 0 Å². The molecule has 6 heteroatoms. The van der Waals surface area contributed by atoms with Crippen molar-refractivity contribution in [2.45, 2.75) is 44.9 Å². The Labute approximate surface area is 94.6 Å². The van der Waals surface area contributed by atoms with Crippen LogP contribution in [0.4, 0.5) is 0 Å². The number of ether oxygens (including phenoxy) is 1. The average Bonchev–Trinajstić information content (AvgIpc) is 2.09. The molecule has 0 aromatic heterocycles. The molecule has 0 aliphatic rings. The highest BCUT2D eigenvalue weighted by molar-refractivity contribution is 5.77. The van der Waals surface area contributed by atoms with Crippen molar-refractivity contribution < 1.29 is 24.5 Å². The van der Waals surface area contributed by atoms with Crippen LogP contribution in [0.3, 0.4) is 0 Å². The van der Waals surface area contributed by atoms with E-state index in [0.717, 1.165) is 0 Å². The lowest BCUT2D eigenvalue weighted by Crippen LogP contribution is -2.42. The first kappa shape index (κ1) is 14.9. The SMILES string of the molecule is CN[C@@H](CC(OC(C)(C)C)C(=O)O)C(=O)O. The van der Waals surface area contributed by atoms with Gasteiger partial charge in [-0.25, -0.2) is 4.79 Å². The highest BCUT2D eigenvalue weighted by Gasteiger charge is 2.30. The number of nitrogens with one attached hydrogen (secondary N) is 1. The monoisotopic (exact) mass is 233 g/mol. The van der Waals surface area contributed by atoms with E-state index in [4.69, 9.17) is 14.9 Å². The van der Waals surface area contributed by atoms with Gasteiger partial charge >= 0.3 is 11.9 Å². The third kappa shape index (κ3) is 5.67. The van der Waals surface area contributed by atoms with Crippen LogP contribution in [0.5, 0.6) is 0 Å². The zero-order valence-electron chi connectivity index (χ0n) is 9.98. The van der Waals surface area contributed by atoms with Gasteiger partial charge in [0, 0.05) is 6.42 Å². The summed E-state index contributed by atoms with van der Waals surface area (Å²) in [5.41, 5.74) is -0.625. The lowest BCUT2D eigenvalue weighted by molar-refractivity contribution is -0.162. The van der Waals surface area contributed by atoms with E-state index in [1.165, 1.54) is 7.05 Å². The summed E-state index contributed by atoms with van der Waals surface area (Å²) in [7, 11) is 1.47. The van der Waals surface area contributed by atoms with Gasteiger partial charge in [-0.1, -0.05) is 0 Å². The van der Waals surface area contributed by atoms with Gasteiger partial charge in [0.2, 0.25) is 0 Å². The Bertz CT molecular complexity index is 258. The number of aliphatic carboxylic acids is 2. The van der Waals surface area contributed by atoms with Gasteiger partial charge in [0.05, 0.1) is 5.60 Å². The van der Waals surface area contributed by atoms with Crippen molar-refractivity contribution in [1.29, 1.82) is 0 Å². The molecule has 0 heterocycles. The van der Waals surface area contributed by atoms with Crippen LogP contribution in [-0.2, 0) is 14.3 Å². The molecule has 0 rings (SSSR count). The van der Waals surface area contributed by atoms with Gasteiger partial charge in [-0.2, -0.15) is 0 Å². The van der Waals surface area contributed by atoms with E-state index in [-0.39, 0.29) is 6.42 Å². The van der Waals surface area contributed by atoms with E-state index >= 15 is 0 Å². The van der Waals surface area contributed by atoms with Crippen LogP contribution < -0.4 is 5.32 Å². The molecule has 16 heavy (non-hydrogen) atoms. The lowest BCUT2D eigenvalue weighted by atomic mass is 10.1. The fourth-order valence-electron chi connectivity index (χ4n) is 1.18. The van der Waals surface area contributed by atoms with Gasteiger partial charge in [0.25, 0.3) is 0 Å². The van der Waals surface area contributed by atoms with E-state index in [1.54, 1.807) is 20.8 Å². The molecule has 2 atom stereocenters. The number of rotatable bonds is 6. The van der Waals surface area contributed by atoms with Crippen molar-refractivity contribution in [2.75, 3.05) is 7.05 Å². The average molecular weight is 233 g/mol. The molecule has 3 N–H and O–H groups in total. The number of carboxylic acid groups (broad SMARTS) is 2. The Hall–Kier alpha value is -1.14. The first-order valence-corrected chi connectivity index (χ1v) is 4.98. The molecule has 0 saturated carbocycles. The van der Waals surface area contributed by atoms with Gasteiger partial charge in [-0.15, -0.1) is 0 Å². The number of likely N-dealkylation sites (N-methyl/N-ethyl adjacent to an activating group) is 1. The normalized spacial score (nSPS) is 15.5. The van der Waals surface area contributed by atoms with Crippen LogP contribution in [0.1, 0.15) is 27.2 Å². The highest BCUT2D eigenvalue weighted by atomic mass is 16.5. The van der Waals surface area contributed by atoms with Crippen molar-refractivity contribution >= 4 is 11.9 Å². The maximum atomic E-state index is 10.9. The molecule has 0 fully saturated rings. The van der Waals surface area contributed by atoms with E-state index in [9.17, 15) is 9.59 Å². The largest absolute Gasteiger partial charge is 0.480 e. The third-order valence-electron chi connectivity index (χ3n) is 1.87. The highest BCUT2D eigenvalue weighted by Crippen LogP contribution is 2.15. The molecular formula is C10H19NO5. The summed E-state index contributed by atoms with van der Waals surface area (Å²) in [5, 5.41) is 20.2. The molecule has 0 saturated heterocycles. The summed E-state index contributed by atoms with van der Waals surface area (Å²) in [6, 6.07) is -0.927. The van der Waals surface area contributed by atoms with Crippen molar-refractivity contribution in [3.05, 3.63) is 0 Å². The van der Waals surface area contributed by atoms with Gasteiger partial charge in [-0.3, -0.25) is 4.79 Å². The zero-order chi connectivity index (χ0) is 12.9. The van der Waals surface area contributed by atoms with Crippen LogP contribution in [-0.4, -0.2) is 46.9 Å². The number of carbonyl (C=O) groups is 2. The predicted molar refractivity (Wildman–Crippen MR) is 57.4 cm³/mol. The smallest absolute Gasteiger partial charge is 0.332 e. The van der Waals surface area contributed by atoms with Crippen LogP contribution in [0.15, 0.2) is 0 Å². The maximum absolute atomic E-state index is 10.9. The lowest BCUT2D eigenvalue weighted by Gasteiger charge is -2.26. The second kappa shape index (κ2) is 5.81. The molecule has 0 aromatic carbocycles. The second-order valence-electron chi connectivity index (χ2n) is 4.47. The van der Waals surface area contributed by atoms with Gasteiger partial charge < -0.3 is 20.3 Å². The van der Waals surface area contributed by atoms with Crippen LogP contribution >= 0.6 is 0 Å². The van der Waals surface area contributed by atoms with Crippen molar-refractivity contribution in [3.63, 3.8) is 0 Å². The quantitative estimate of drug-likeness (QED) is 0.611. The van der Waals surface area contributed by atoms with E-state index in [2.05, 4.69) is 5.32 Å². The van der Waals surface area contributed by atoms with Crippen LogP contribution in [0, 0.1) is 0 Å². The number of hydrogen-bond acceptors (Lipinski definition) is 4. The summed E-state index contributed by atoms with van der Waals surface area (Å²) in [5.74, 6) is -2.25. The molecule has 0 bridgehead atoms. The standard InChI is InChI=1S/C10H19NO5/c1-10(2,3)16-7(9(14)15)5-6(11-4)8(12)13/h6-7,11H,5H2,1-4H3,(H,12,13)(H,14,15)/t6-,7?/m0/s1. The Kier molecular flexibility index (Phi) is 5.40. The summed E-state index contributed by atoms with van der Waals surface area (Å²) in [4.78, 5) is 21.6. The van der Waals surface area contributed by atoms with E-state index < -0.39 is 29.7 Å². The summed E-state index contributed by atoms with van der Waals surface area (Å²) < 4.78 is 5.28. The van der Waals surface area contributed by atoms with E-state index in [1.807, 2.05) is 0 Å². The molecule has 0 aliphatic heterocycles. The first-order valence-electron chi connectivity index (χ1n) is 4.98.